The molecule has 2 aromatic rings. The molecule has 4 rings (SSSR count). The Morgan fingerprint density at radius 3 is 2.73 bits per heavy atom. The van der Waals surface area contributed by atoms with Crippen LogP contribution in [0, 0.1) is 24.2 Å². The van der Waals surface area contributed by atoms with Crippen LogP contribution in [0.5, 0.6) is 0 Å². The molecule has 0 bridgehead atoms. The predicted molar refractivity (Wildman–Crippen MR) is 98.7 cm³/mol. The molecule has 1 aliphatic carbocycles. The highest BCUT2D eigenvalue weighted by Gasteiger charge is 2.31. The maximum absolute atomic E-state index is 12.8. The second-order valence-electron chi connectivity index (χ2n) is 7.59. The first-order valence-corrected chi connectivity index (χ1v) is 9.47. The summed E-state index contributed by atoms with van der Waals surface area (Å²) in [6.07, 6.45) is 6.68. The van der Waals surface area contributed by atoms with E-state index in [4.69, 9.17) is 5.26 Å². The summed E-state index contributed by atoms with van der Waals surface area (Å²) < 4.78 is 2.37. The lowest BCUT2D eigenvalue weighted by Gasteiger charge is -2.33. The average molecular weight is 348 g/mol. The Bertz CT molecular complexity index is 842. The third kappa shape index (κ3) is 3.37. The number of nitriles is 1. The molecular formula is C21H24N4O. The zero-order valence-electron chi connectivity index (χ0n) is 15.2. The van der Waals surface area contributed by atoms with Gasteiger partial charge in [-0.3, -0.25) is 4.79 Å². The van der Waals surface area contributed by atoms with Gasteiger partial charge in [-0.2, -0.15) is 5.26 Å². The highest BCUT2D eigenvalue weighted by molar-refractivity contribution is 5.94. The number of hydrogen-bond acceptors (Lipinski definition) is 3. The number of carbonyl (C=O) groups is 1. The van der Waals surface area contributed by atoms with E-state index >= 15 is 0 Å². The molecule has 0 N–H and O–H groups in total. The van der Waals surface area contributed by atoms with E-state index in [9.17, 15) is 4.79 Å². The van der Waals surface area contributed by atoms with E-state index in [1.165, 1.54) is 24.4 Å². The number of amides is 1. The van der Waals surface area contributed by atoms with Gasteiger partial charge in [0.15, 0.2) is 0 Å². The quantitative estimate of drug-likeness (QED) is 0.850. The van der Waals surface area contributed by atoms with Crippen molar-refractivity contribution in [3.05, 3.63) is 53.1 Å². The van der Waals surface area contributed by atoms with Crippen molar-refractivity contribution in [2.24, 2.45) is 5.92 Å². The van der Waals surface area contributed by atoms with Gasteiger partial charge in [-0.15, -0.1) is 0 Å². The Labute approximate surface area is 154 Å². The van der Waals surface area contributed by atoms with Gasteiger partial charge in [-0.25, -0.2) is 4.98 Å². The molecule has 0 spiro atoms. The van der Waals surface area contributed by atoms with Crippen molar-refractivity contribution >= 4 is 5.91 Å². The highest BCUT2D eigenvalue weighted by atomic mass is 16.2. The molecule has 0 radical (unpaired) electrons. The Morgan fingerprint density at radius 2 is 2.04 bits per heavy atom. The van der Waals surface area contributed by atoms with E-state index in [2.05, 4.69) is 22.5 Å². The minimum Gasteiger partial charge on any atom is -0.338 e. The summed E-state index contributed by atoms with van der Waals surface area (Å²) in [6, 6.07) is 9.04. The maximum atomic E-state index is 12.8. The number of benzene rings is 1. The van der Waals surface area contributed by atoms with Crippen LogP contribution < -0.4 is 0 Å². The summed E-state index contributed by atoms with van der Waals surface area (Å²) in [5, 5.41) is 8.91. The zero-order chi connectivity index (χ0) is 18.1. The molecule has 2 heterocycles. The molecule has 1 aromatic heterocycles. The lowest BCUT2D eigenvalue weighted by molar-refractivity contribution is 0.0661. The minimum atomic E-state index is 0.0731. The van der Waals surface area contributed by atoms with Crippen LogP contribution in [0.2, 0.25) is 0 Å². The van der Waals surface area contributed by atoms with Gasteiger partial charge in [0.25, 0.3) is 5.91 Å². The first kappa shape index (κ1) is 16.8. The molecule has 2 fully saturated rings. The summed E-state index contributed by atoms with van der Waals surface area (Å²) in [7, 11) is 0. The van der Waals surface area contributed by atoms with Crippen molar-refractivity contribution in [3.8, 4) is 6.07 Å². The summed E-state index contributed by atoms with van der Waals surface area (Å²) in [5.41, 5.74) is 2.48. The van der Waals surface area contributed by atoms with Crippen molar-refractivity contribution in [2.75, 3.05) is 13.1 Å². The Hall–Kier alpha value is -2.61. The fourth-order valence-corrected chi connectivity index (χ4v) is 3.91. The molecular weight excluding hydrogens is 324 g/mol. The molecule has 1 aromatic carbocycles. The van der Waals surface area contributed by atoms with Crippen LogP contribution in [0.3, 0.4) is 0 Å². The topological polar surface area (TPSA) is 61.9 Å². The van der Waals surface area contributed by atoms with Crippen molar-refractivity contribution in [1.82, 2.24) is 14.5 Å². The molecule has 134 valence electrons. The fraction of sp³-hybridized carbons (Fsp3) is 0.476. The van der Waals surface area contributed by atoms with Crippen LogP contribution in [0.4, 0.5) is 0 Å². The lowest BCUT2D eigenvalue weighted by atomic mass is 9.97. The molecule has 1 unspecified atom stereocenters. The van der Waals surface area contributed by atoms with Gasteiger partial charge in [0.2, 0.25) is 0 Å². The first-order chi connectivity index (χ1) is 12.7. The molecule has 1 saturated heterocycles. The smallest absolute Gasteiger partial charge is 0.253 e. The lowest BCUT2D eigenvalue weighted by Crippen LogP contribution is -2.41. The average Bonchev–Trinajstić information content (AvgIpc) is 3.46. The number of nitrogens with zero attached hydrogens (tertiary/aromatic N) is 4. The van der Waals surface area contributed by atoms with Crippen LogP contribution in [0.25, 0.3) is 0 Å². The number of hydrogen-bond donors (Lipinski definition) is 0. The van der Waals surface area contributed by atoms with E-state index in [-0.39, 0.29) is 5.91 Å². The van der Waals surface area contributed by atoms with Crippen LogP contribution in [-0.4, -0.2) is 33.4 Å². The highest BCUT2D eigenvalue weighted by Crippen LogP contribution is 2.40. The number of rotatable bonds is 4. The molecule has 1 saturated carbocycles. The van der Waals surface area contributed by atoms with Gasteiger partial charge in [0.1, 0.15) is 5.82 Å². The van der Waals surface area contributed by atoms with E-state index in [1.54, 1.807) is 24.3 Å². The number of aryl methyl sites for hydroxylation is 1. The monoisotopic (exact) mass is 348 g/mol. The molecule has 26 heavy (non-hydrogen) atoms. The van der Waals surface area contributed by atoms with Crippen molar-refractivity contribution in [1.29, 1.82) is 5.26 Å². The second-order valence-corrected chi connectivity index (χ2v) is 7.59. The summed E-state index contributed by atoms with van der Waals surface area (Å²) in [6.45, 7) is 4.69. The van der Waals surface area contributed by atoms with Gasteiger partial charge in [-0.05, 0) is 62.8 Å². The minimum absolute atomic E-state index is 0.0731. The van der Waals surface area contributed by atoms with Crippen LogP contribution in [-0.2, 0) is 6.54 Å². The first-order valence-electron chi connectivity index (χ1n) is 9.47. The summed E-state index contributed by atoms with van der Waals surface area (Å²) in [5.74, 6) is 2.42. The summed E-state index contributed by atoms with van der Waals surface area (Å²) >= 11 is 0. The molecule has 2 aliphatic rings. The molecule has 1 aliphatic heterocycles. The molecule has 5 heteroatoms. The Kier molecular flexibility index (Phi) is 4.50. The van der Waals surface area contributed by atoms with Crippen LogP contribution in [0.15, 0.2) is 30.5 Å². The Balaban J connectivity index is 1.45. The SMILES string of the molecule is Cc1cnc(C2CC2)n1CC1CCCN(C(=O)c2ccc(C#N)cc2)C1. The standard InChI is InChI=1S/C21H24N4O/c1-15-12-23-20(18-8-9-18)25(15)14-17-3-2-10-24(13-17)21(26)19-6-4-16(11-22)5-7-19/h4-7,12,17-18H,2-3,8-10,13-14H2,1H3. The van der Waals surface area contributed by atoms with Gasteiger partial charge in [0.05, 0.1) is 11.6 Å². The van der Waals surface area contributed by atoms with E-state index in [0.29, 0.717) is 23.0 Å². The van der Waals surface area contributed by atoms with E-state index in [0.717, 1.165) is 32.5 Å². The Morgan fingerprint density at radius 1 is 1.27 bits per heavy atom. The largest absolute Gasteiger partial charge is 0.338 e. The van der Waals surface area contributed by atoms with Crippen molar-refractivity contribution in [2.45, 2.75) is 45.1 Å². The number of aromatic nitrogens is 2. The number of piperidine rings is 1. The van der Waals surface area contributed by atoms with Gasteiger partial charge in [-0.1, -0.05) is 0 Å². The second kappa shape index (κ2) is 6.95. The third-order valence-electron chi connectivity index (χ3n) is 5.54. The fourth-order valence-electron chi connectivity index (χ4n) is 3.91. The number of imidazole rings is 1. The molecule has 5 nitrogen and oxygen atoms in total. The number of carbonyl (C=O) groups excluding carboxylic acids is 1. The van der Waals surface area contributed by atoms with Crippen molar-refractivity contribution < 1.29 is 4.79 Å². The molecule has 1 amide bonds. The van der Waals surface area contributed by atoms with Crippen LogP contribution >= 0.6 is 0 Å². The van der Waals surface area contributed by atoms with E-state index < -0.39 is 0 Å². The van der Waals surface area contributed by atoms with Gasteiger partial charge in [0, 0.05) is 43.0 Å². The van der Waals surface area contributed by atoms with E-state index in [1.807, 2.05) is 11.1 Å². The maximum Gasteiger partial charge on any atom is 0.253 e. The van der Waals surface area contributed by atoms with Gasteiger partial charge >= 0.3 is 0 Å². The number of likely N-dealkylation sites (tertiary alicyclic amines) is 1. The molecule has 1 atom stereocenters. The van der Waals surface area contributed by atoms with Crippen LogP contribution in [0.1, 0.15) is 59.0 Å². The van der Waals surface area contributed by atoms with Gasteiger partial charge < -0.3 is 9.47 Å². The van der Waals surface area contributed by atoms with Crippen molar-refractivity contribution in [3.63, 3.8) is 0 Å². The third-order valence-corrected chi connectivity index (χ3v) is 5.54. The summed E-state index contributed by atoms with van der Waals surface area (Å²) in [4.78, 5) is 19.4. The zero-order valence-corrected chi connectivity index (χ0v) is 15.2. The predicted octanol–water partition coefficient (Wildman–Crippen LogP) is 3.49. The normalized spacial score (nSPS) is 20.0.